The van der Waals surface area contributed by atoms with E-state index in [2.05, 4.69) is 30.6 Å². The molecule has 5 aromatic rings. The van der Waals surface area contributed by atoms with Gasteiger partial charge in [0, 0.05) is 35.2 Å². The number of benzene rings is 2. The van der Waals surface area contributed by atoms with E-state index < -0.39 is 0 Å². The highest BCUT2D eigenvalue weighted by Gasteiger charge is 2.16. The summed E-state index contributed by atoms with van der Waals surface area (Å²) < 4.78 is 1.74. The fourth-order valence-corrected chi connectivity index (χ4v) is 3.40. The first-order chi connectivity index (χ1) is 15.2. The molecule has 0 aliphatic rings. The van der Waals surface area contributed by atoms with E-state index in [-0.39, 0.29) is 5.91 Å². The number of anilines is 2. The zero-order valence-corrected chi connectivity index (χ0v) is 16.4. The maximum Gasteiger partial charge on any atom is 0.276 e. The van der Waals surface area contributed by atoms with Crippen molar-refractivity contribution in [3.63, 3.8) is 0 Å². The third kappa shape index (κ3) is 3.84. The number of hydrogen-bond acceptors (Lipinski definition) is 6. The Labute approximate surface area is 177 Å². The second-order valence-electron chi connectivity index (χ2n) is 7.09. The van der Waals surface area contributed by atoms with Gasteiger partial charge in [0.15, 0.2) is 5.69 Å². The largest absolute Gasteiger partial charge is 0.399 e. The van der Waals surface area contributed by atoms with E-state index in [1.165, 1.54) is 6.33 Å². The van der Waals surface area contributed by atoms with Crippen LogP contribution in [-0.4, -0.2) is 35.9 Å². The van der Waals surface area contributed by atoms with Crippen LogP contribution >= 0.6 is 0 Å². The predicted molar refractivity (Wildman–Crippen MR) is 117 cm³/mol. The minimum absolute atomic E-state index is 0.314. The molecule has 9 heteroatoms. The number of nitrogens with one attached hydrogen (secondary N) is 2. The van der Waals surface area contributed by atoms with E-state index in [9.17, 15) is 4.79 Å². The van der Waals surface area contributed by atoms with Gasteiger partial charge >= 0.3 is 0 Å². The van der Waals surface area contributed by atoms with Crippen molar-refractivity contribution in [3.05, 3.63) is 84.8 Å². The van der Waals surface area contributed by atoms with Crippen LogP contribution in [0.3, 0.4) is 0 Å². The smallest absolute Gasteiger partial charge is 0.276 e. The lowest BCUT2D eigenvalue weighted by atomic mass is 10.1. The van der Waals surface area contributed by atoms with E-state index in [0.29, 0.717) is 23.6 Å². The molecule has 0 fully saturated rings. The van der Waals surface area contributed by atoms with Crippen molar-refractivity contribution in [2.75, 3.05) is 11.1 Å². The van der Waals surface area contributed by atoms with Crippen molar-refractivity contribution in [3.8, 4) is 11.1 Å². The monoisotopic (exact) mass is 410 g/mol. The highest BCUT2D eigenvalue weighted by atomic mass is 16.2. The van der Waals surface area contributed by atoms with Gasteiger partial charge < -0.3 is 11.1 Å². The van der Waals surface area contributed by atoms with E-state index in [4.69, 9.17) is 5.73 Å². The fraction of sp³-hybridized carbons (Fsp3) is 0.0455. The summed E-state index contributed by atoms with van der Waals surface area (Å²) in [5.74, 6) is -0.314. The maximum absolute atomic E-state index is 12.8. The molecule has 4 N–H and O–H groups in total. The summed E-state index contributed by atoms with van der Waals surface area (Å²) in [4.78, 5) is 20.9. The minimum Gasteiger partial charge on any atom is -0.399 e. The van der Waals surface area contributed by atoms with Crippen LogP contribution in [0.25, 0.3) is 22.0 Å². The Morgan fingerprint density at radius 3 is 2.77 bits per heavy atom. The summed E-state index contributed by atoms with van der Waals surface area (Å²) in [5, 5.41) is 15.0. The molecule has 0 radical (unpaired) electrons. The van der Waals surface area contributed by atoms with Gasteiger partial charge in [0.1, 0.15) is 6.33 Å². The van der Waals surface area contributed by atoms with Gasteiger partial charge in [-0.1, -0.05) is 18.2 Å². The van der Waals surface area contributed by atoms with Crippen molar-refractivity contribution < 1.29 is 4.79 Å². The topological polar surface area (TPSA) is 127 Å². The molecule has 0 aliphatic heterocycles. The van der Waals surface area contributed by atoms with Gasteiger partial charge in [0.05, 0.1) is 23.9 Å². The third-order valence-electron chi connectivity index (χ3n) is 4.86. The Balaban J connectivity index is 1.33. The average Bonchev–Trinajstić information content (AvgIpc) is 3.40. The number of H-pyrrole nitrogens is 1. The van der Waals surface area contributed by atoms with Crippen molar-refractivity contribution >= 4 is 28.2 Å². The Morgan fingerprint density at radius 1 is 1.06 bits per heavy atom. The minimum atomic E-state index is -0.314. The SMILES string of the molecule is Nc1cccc(Cn2cc(NC(=O)c3n[nH]c4cc(-c5cncnc5)ccc34)cn2)c1. The number of hydrogen-bond donors (Lipinski definition) is 3. The molecular formula is C22H18N8O. The number of nitrogens with two attached hydrogens (primary N) is 1. The Kier molecular flexibility index (Phi) is 4.60. The lowest BCUT2D eigenvalue weighted by Gasteiger charge is -2.03. The molecule has 0 saturated heterocycles. The number of aromatic amines is 1. The maximum atomic E-state index is 12.8. The van der Waals surface area contributed by atoms with Crippen molar-refractivity contribution in [2.45, 2.75) is 6.54 Å². The van der Waals surface area contributed by atoms with E-state index in [1.54, 1.807) is 29.5 Å². The van der Waals surface area contributed by atoms with Gasteiger partial charge in [-0.3, -0.25) is 14.6 Å². The lowest BCUT2D eigenvalue weighted by Crippen LogP contribution is -2.12. The van der Waals surface area contributed by atoms with Crippen LogP contribution < -0.4 is 11.1 Å². The second-order valence-corrected chi connectivity index (χ2v) is 7.09. The first-order valence-electron chi connectivity index (χ1n) is 9.57. The zero-order valence-electron chi connectivity index (χ0n) is 16.4. The average molecular weight is 410 g/mol. The molecule has 5 rings (SSSR count). The normalized spacial score (nSPS) is 11.0. The summed E-state index contributed by atoms with van der Waals surface area (Å²) in [6.45, 7) is 0.554. The van der Waals surface area contributed by atoms with Crippen molar-refractivity contribution in [1.82, 2.24) is 29.9 Å². The predicted octanol–water partition coefficient (Wildman–Crippen LogP) is 3.10. The Morgan fingerprint density at radius 2 is 1.94 bits per heavy atom. The van der Waals surface area contributed by atoms with Crippen LogP contribution in [0.5, 0.6) is 0 Å². The second kappa shape index (κ2) is 7.71. The number of rotatable bonds is 5. The summed E-state index contributed by atoms with van der Waals surface area (Å²) in [6.07, 6.45) is 8.33. The molecule has 0 unspecified atom stereocenters. The van der Waals surface area contributed by atoms with Crippen LogP contribution in [0.4, 0.5) is 11.4 Å². The molecule has 0 bridgehead atoms. The van der Waals surface area contributed by atoms with Crippen molar-refractivity contribution in [1.29, 1.82) is 0 Å². The zero-order chi connectivity index (χ0) is 21.2. The number of aromatic nitrogens is 6. The number of nitrogen functional groups attached to an aromatic ring is 1. The van der Waals surface area contributed by atoms with Gasteiger partial charge in [-0.15, -0.1) is 0 Å². The van der Waals surface area contributed by atoms with E-state index in [0.717, 1.165) is 27.6 Å². The molecule has 0 saturated carbocycles. The summed E-state index contributed by atoms with van der Waals surface area (Å²) in [5.41, 5.74) is 11.0. The molecular weight excluding hydrogens is 392 g/mol. The molecule has 0 spiro atoms. The Bertz CT molecular complexity index is 1370. The van der Waals surface area contributed by atoms with Crippen LogP contribution in [0.2, 0.25) is 0 Å². The number of amides is 1. The van der Waals surface area contributed by atoms with Gasteiger partial charge in [-0.2, -0.15) is 10.2 Å². The standard InChI is InChI=1S/C22H18N8O/c23-17-3-1-2-14(6-17)11-30-12-18(10-26-30)27-22(31)21-19-5-4-15(7-20(19)28-29-21)16-8-24-13-25-9-16/h1-10,12-13H,11,23H2,(H,27,31)(H,28,29). The molecule has 9 nitrogen and oxygen atoms in total. The molecule has 0 aliphatic carbocycles. The van der Waals surface area contributed by atoms with Gasteiger partial charge in [0.2, 0.25) is 0 Å². The van der Waals surface area contributed by atoms with Gasteiger partial charge in [0.25, 0.3) is 5.91 Å². The quantitative estimate of drug-likeness (QED) is 0.382. The molecule has 3 aromatic heterocycles. The number of carbonyl (C=O) groups is 1. The van der Waals surface area contributed by atoms with Gasteiger partial charge in [-0.05, 0) is 35.4 Å². The Hall–Kier alpha value is -4.53. The molecule has 2 aromatic carbocycles. The molecule has 3 heterocycles. The third-order valence-corrected chi connectivity index (χ3v) is 4.86. The fourth-order valence-electron chi connectivity index (χ4n) is 3.40. The summed E-state index contributed by atoms with van der Waals surface area (Å²) in [6, 6.07) is 13.3. The number of carbonyl (C=O) groups excluding carboxylic acids is 1. The molecule has 31 heavy (non-hydrogen) atoms. The lowest BCUT2D eigenvalue weighted by molar-refractivity contribution is 0.102. The van der Waals surface area contributed by atoms with Crippen molar-refractivity contribution in [2.24, 2.45) is 0 Å². The summed E-state index contributed by atoms with van der Waals surface area (Å²) >= 11 is 0. The van der Waals surface area contributed by atoms with Crippen LogP contribution in [0.15, 0.2) is 73.6 Å². The molecule has 1 amide bonds. The van der Waals surface area contributed by atoms with Crippen LogP contribution in [0, 0.1) is 0 Å². The molecule has 152 valence electrons. The number of fused-ring (bicyclic) bond motifs is 1. The number of nitrogens with zero attached hydrogens (tertiary/aromatic N) is 5. The molecule has 0 atom stereocenters. The van der Waals surface area contributed by atoms with E-state index >= 15 is 0 Å². The van der Waals surface area contributed by atoms with Crippen LogP contribution in [0.1, 0.15) is 16.1 Å². The first-order valence-corrected chi connectivity index (χ1v) is 9.57. The van der Waals surface area contributed by atoms with Crippen LogP contribution in [-0.2, 0) is 6.54 Å². The van der Waals surface area contributed by atoms with Gasteiger partial charge in [-0.25, -0.2) is 9.97 Å². The first kappa shape index (κ1) is 18.5. The highest BCUT2D eigenvalue weighted by molar-refractivity contribution is 6.11. The summed E-state index contributed by atoms with van der Waals surface area (Å²) in [7, 11) is 0. The highest BCUT2D eigenvalue weighted by Crippen LogP contribution is 2.24. The van der Waals surface area contributed by atoms with E-state index in [1.807, 2.05) is 42.5 Å².